The maximum atomic E-state index is 10.9. The van der Waals surface area contributed by atoms with Crippen LogP contribution in [0.3, 0.4) is 0 Å². The van der Waals surface area contributed by atoms with Crippen LogP contribution >= 0.6 is 11.6 Å². The molecule has 0 spiro atoms. The average molecular weight is 432 g/mol. The van der Waals surface area contributed by atoms with E-state index >= 15 is 0 Å². The quantitative estimate of drug-likeness (QED) is 0.387. The van der Waals surface area contributed by atoms with Gasteiger partial charge in [0.1, 0.15) is 23.7 Å². The normalized spacial score (nSPS) is 13.9. The molecular weight excluding hydrogens is 406 g/mol. The van der Waals surface area contributed by atoms with Gasteiger partial charge in [0.05, 0.1) is 6.54 Å². The van der Waals surface area contributed by atoms with E-state index in [-0.39, 0.29) is 13.1 Å². The van der Waals surface area contributed by atoms with Gasteiger partial charge in [0.15, 0.2) is 5.96 Å². The average Bonchev–Trinajstić information content (AvgIpc) is 3.31. The van der Waals surface area contributed by atoms with Gasteiger partial charge in [-0.3, -0.25) is 0 Å². The molecule has 1 atom stereocenters. The molecule has 0 amide bonds. The monoisotopic (exact) mass is 431 g/mol. The summed E-state index contributed by atoms with van der Waals surface area (Å²) in [5, 5.41) is 21.8. The number of hydrogen-bond donors (Lipinski definition) is 3. The molecule has 9 heteroatoms. The van der Waals surface area contributed by atoms with E-state index in [9.17, 15) is 5.11 Å². The van der Waals surface area contributed by atoms with Crippen LogP contribution in [0.5, 0.6) is 0 Å². The van der Waals surface area contributed by atoms with E-state index in [2.05, 4.69) is 25.8 Å². The van der Waals surface area contributed by atoms with E-state index in [4.69, 9.17) is 20.5 Å². The van der Waals surface area contributed by atoms with Crippen LogP contribution in [0, 0.1) is 13.8 Å². The molecule has 3 N–H and O–H groups in total. The van der Waals surface area contributed by atoms with Crippen LogP contribution in [0.1, 0.15) is 36.8 Å². The van der Waals surface area contributed by atoms with Gasteiger partial charge in [0, 0.05) is 22.7 Å². The first-order valence-corrected chi connectivity index (χ1v) is 10.1. The Kier molecular flexibility index (Phi) is 6.79. The zero-order valence-electron chi connectivity index (χ0n) is 17.5. The molecule has 3 aromatic rings. The molecule has 2 aromatic heterocycles. The van der Waals surface area contributed by atoms with Crippen LogP contribution in [0.15, 0.2) is 44.3 Å². The highest BCUT2D eigenvalue weighted by Crippen LogP contribution is 2.26. The van der Waals surface area contributed by atoms with Crippen molar-refractivity contribution in [1.29, 1.82) is 0 Å². The molecule has 0 radical (unpaired) electrons. The maximum absolute atomic E-state index is 10.9. The summed E-state index contributed by atoms with van der Waals surface area (Å²) in [5.74, 6) is 2.84. The summed E-state index contributed by atoms with van der Waals surface area (Å²) in [4.78, 5) is 8.84. The molecule has 8 nitrogen and oxygen atoms in total. The summed E-state index contributed by atoms with van der Waals surface area (Å²) in [6.45, 7) is 8.50. The van der Waals surface area contributed by atoms with Crippen molar-refractivity contribution < 1.29 is 14.0 Å². The fraction of sp³-hybridized carbons (Fsp3) is 0.381. The highest BCUT2D eigenvalue weighted by atomic mass is 35.5. The van der Waals surface area contributed by atoms with Crippen molar-refractivity contribution in [2.24, 2.45) is 4.99 Å². The molecule has 0 saturated heterocycles. The predicted molar refractivity (Wildman–Crippen MR) is 115 cm³/mol. The lowest BCUT2D eigenvalue weighted by molar-refractivity contribution is 0.0601. The Morgan fingerprint density at radius 2 is 1.97 bits per heavy atom. The van der Waals surface area contributed by atoms with Crippen LogP contribution in [0.4, 0.5) is 0 Å². The van der Waals surface area contributed by atoms with Crippen LogP contribution in [-0.4, -0.2) is 34.3 Å². The lowest BCUT2D eigenvalue weighted by atomic mass is 9.96. The van der Waals surface area contributed by atoms with Crippen molar-refractivity contribution in [3.8, 4) is 11.4 Å². The van der Waals surface area contributed by atoms with Gasteiger partial charge in [-0.1, -0.05) is 16.8 Å². The van der Waals surface area contributed by atoms with Gasteiger partial charge < -0.3 is 24.7 Å². The highest BCUT2D eigenvalue weighted by Gasteiger charge is 2.27. The molecule has 2 heterocycles. The Balaban J connectivity index is 1.66. The summed E-state index contributed by atoms with van der Waals surface area (Å²) in [6.07, 6.45) is 0. The Morgan fingerprint density at radius 1 is 1.23 bits per heavy atom. The van der Waals surface area contributed by atoms with Crippen molar-refractivity contribution in [3.63, 3.8) is 0 Å². The third-order valence-corrected chi connectivity index (χ3v) is 4.76. The molecule has 160 valence electrons. The third-order valence-electron chi connectivity index (χ3n) is 4.51. The number of nitrogens with one attached hydrogen (secondary N) is 2. The van der Waals surface area contributed by atoms with E-state index in [0.29, 0.717) is 35.0 Å². The van der Waals surface area contributed by atoms with Crippen molar-refractivity contribution in [2.45, 2.75) is 39.8 Å². The van der Waals surface area contributed by atoms with Gasteiger partial charge >= 0.3 is 0 Å². The topological polar surface area (TPSA) is 109 Å². The second-order valence-corrected chi connectivity index (χ2v) is 7.60. The number of guanidine groups is 1. The minimum atomic E-state index is -1.12. The van der Waals surface area contributed by atoms with Crippen molar-refractivity contribution in [1.82, 2.24) is 20.8 Å². The molecule has 0 saturated carbocycles. The summed E-state index contributed by atoms with van der Waals surface area (Å²) in [6, 6.07) is 9.04. The Labute approximate surface area is 180 Å². The summed E-state index contributed by atoms with van der Waals surface area (Å²) >= 11 is 5.91. The SMILES string of the molecule is CCNC(=NCc1nc(-c2ccc(Cl)cc2)no1)NCC(C)(O)c1cc(C)oc1C. The first-order valence-electron chi connectivity index (χ1n) is 9.69. The van der Waals surface area contributed by atoms with E-state index in [0.717, 1.165) is 16.9 Å². The minimum Gasteiger partial charge on any atom is -0.466 e. The van der Waals surface area contributed by atoms with Crippen LogP contribution in [0.2, 0.25) is 5.02 Å². The first-order chi connectivity index (χ1) is 14.3. The molecule has 0 aliphatic rings. The summed E-state index contributed by atoms with van der Waals surface area (Å²) in [7, 11) is 0. The number of aliphatic imine (C=N–C) groups is 1. The highest BCUT2D eigenvalue weighted by molar-refractivity contribution is 6.30. The summed E-state index contributed by atoms with van der Waals surface area (Å²) < 4.78 is 10.8. The second kappa shape index (κ2) is 9.32. The Morgan fingerprint density at radius 3 is 2.60 bits per heavy atom. The molecule has 0 bridgehead atoms. The predicted octanol–water partition coefficient (Wildman–Crippen LogP) is 3.56. The molecule has 0 fully saturated rings. The van der Waals surface area contributed by atoms with Crippen molar-refractivity contribution in [2.75, 3.05) is 13.1 Å². The van der Waals surface area contributed by atoms with E-state index < -0.39 is 5.60 Å². The van der Waals surface area contributed by atoms with E-state index in [1.54, 1.807) is 19.1 Å². The number of hydrogen-bond acceptors (Lipinski definition) is 6. The van der Waals surface area contributed by atoms with Gasteiger partial charge in [0.2, 0.25) is 11.7 Å². The van der Waals surface area contributed by atoms with Gasteiger partial charge in [-0.2, -0.15) is 4.98 Å². The Bertz CT molecular complexity index is 1010. The summed E-state index contributed by atoms with van der Waals surface area (Å²) in [5.41, 5.74) is 0.433. The van der Waals surface area contributed by atoms with Crippen LogP contribution < -0.4 is 10.6 Å². The molecule has 0 aliphatic heterocycles. The number of nitrogens with zero attached hydrogens (tertiary/aromatic N) is 3. The number of benzene rings is 1. The molecule has 1 aromatic carbocycles. The smallest absolute Gasteiger partial charge is 0.248 e. The third kappa shape index (κ3) is 5.40. The number of rotatable bonds is 7. The van der Waals surface area contributed by atoms with Crippen molar-refractivity contribution >= 4 is 17.6 Å². The fourth-order valence-corrected chi connectivity index (χ4v) is 3.17. The van der Waals surface area contributed by atoms with E-state index in [1.165, 1.54) is 0 Å². The first kappa shape index (κ1) is 21.9. The van der Waals surface area contributed by atoms with Crippen LogP contribution in [0.25, 0.3) is 11.4 Å². The number of furan rings is 1. The van der Waals surface area contributed by atoms with Gasteiger partial charge in [-0.25, -0.2) is 4.99 Å². The molecule has 30 heavy (non-hydrogen) atoms. The van der Waals surface area contributed by atoms with Gasteiger partial charge in [0.25, 0.3) is 0 Å². The van der Waals surface area contributed by atoms with E-state index in [1.807, 2.05) is 39.0 Å². The van der Waals surface area contributed by atoms with Gasteiger partial charge in [-0.15, -0.1) is 0 Å². The van der Waals surface area contributed by atoms with Crippen molar-refractivity contribution in [3.05, 3.63) is 58.3 Å². The number of aromatic nitrogens is 2. The largest absolute Gasteiger partial charge is 0.466 e. The maximum Gasteiger partial charge on any atom is 0.248 e. The lowest BCUT2D eigenvalue weighted by Gasteiger charge is -2.24. The van der Waals surface area contributed by atoms with Crippen LogP contribution in [-0.2, 0) is 12.1 Å². The number of aliphatic hydroxyl groups is 1. The lowest BCUT2D eigenvalue weighted by Crippen LogP contribution is -2.44. The minimum absolute atomic E-state index is 0.196. The number of halogens is 1. The Hall–Kier alpha value is -2.84. The zero-order valence-corrected chi connectivity index (χ0v) is 18.2. The standard InChI is InChI=1S/C21H26ClN5O3/c1-5-23-20(25-12-21(4,28)17-10-13(2)29-14(17)3)24-11-18-26-19(27-30-18)15-6-8-16(22)9-7-15/h6-10,28H,5,11-12H2,1-4H3,(H2,23,24,25). The molecule has 1 unspecified atom stereocenters. The zero-order chi connectivity index (χ0) is 21.7. The molecule has 3 rings (SSSR count). The molecule has 0 aliphatic carbocycles. The van der Waals surface area contributed by atoms with Gasteiger partial charge in [-0.05, 0) is 58.0 Å². The molecular formula is C21H26ClN5O3. The number of aryl methyl sites for hydroxylation is 2. The fourth-order valence-electron chi connectivity index (χ4n) is 3.04. The second-order valence-electron chi connectivity index (χ2n) is 7.17.